The molecule has 6 heteroatoms. The first kappa shape index (κ1) is 21.3. The van der Waals surface area contributed by atoms with E-state index in [1.807, 2.05) is 85.6 Å². The van der Waals surface area contributed by atoms with Crippen molar-refractivity contribution in [1.82, 2.24) is 20.0 Å². The van der Waals surface area contributed by atoms with E-state index in [0.29, 0.717) is 6.54 Å². The van der Waals surface area contributed by atoms with Gasteiger partial charge in [-0.05, 0) is 69.5 Å². The number of amides is 1. The number of ether oxygens (including phenoxy) is 1. The highest BCUT2D eigenvalue weighted by atomic mass is 16.5. The lowest BCUT2D eigenvalue weighted by Gasteiger charge is -2.08. The molecule has 0 aliphatic carbocycles. The summed E-state index contributed by atoms with van der Waals surface area (Å²) in [6.45, 7) is 1.59. The lowest BCUT2D eigenvalue weighted by Crippen LogP contribution is -2.25. The SMILES string of the molecule is COc1ccc(-c2nn(-c3ccccc3)cc2/C=C\C(=O)NCCCN(C)C)cc1. The van der Waals surface area contributed by atoms with Gasteiger partial charge in [0.15, 0.2) is 0 Å². The summed E-state index contributed by atoms with van der Waals surface area (Å²) in [5, 5.41) is 7.69. The zero-order valence-corrected chi connectivity index (χ0v) is 17.7. The van der Waals surface area contributed by atoms with Crippen molar-refractivity contribution in [1.29, 1.82) is 0 Å². The number of carbonyl (C=O) groups excluding carboxylic acids is 1. The Morgan fingerprint density at radius 3 is 2.53 bits per heavy atom. The summed E-state index contributed by atoms with van der Waals surface area (Å²) < 4.78 is 7.08. The maximum Gasteiger partial charge on any atom is 0.244 e. The number of carbonyl (C=O) groups is 1. The molecular formula is C24H28N4O2. The van der Waals surface area contributed by atoms with Crippen LogP contribution in [0.1, 0.15) is 12.0 Å². The Bertz CT molecular complexity index is 976. The highest BCUT2D eigenvalue weighted by molar-refractivity contribution is 5.92. The van der Waals surface area contributed by atoms with Crippen LogP contribution in [-0.2, 0) is 4.79 Å². The van der Waals surface area contributed by atoms with Crippen LogP contribution in [0, 0.1) is 0 Å². The Kier molecular flexibility index (Phi) is 7.40. The number of hydrogen-bond acceptors (Lipinski definition) is 4. The predicted molar refractivity (Wildman–Crippen MR) is 121 cm³/mol. The van der Waals surface area contributed by atoms with Crippen LogP contribution in [0.5, 0.6) is 5.75 Å². The molecular weight excluding hydrogens is 376 g/mol. The van der Waals surface area contributed by atoms with Crippen LogP contribution in [0.2, 0.25) is 0 Å². The summed E-state index contributed by atoms with van der Waals surface area (Å²) in [5.41, 5.74) is 3.59. The van der Waals surface area contributed by atoms with Crippen LogP contribution in [-0.4, -0.2) is 54.9 Å². The number of benzene rings is 2. The van der Waals surface area contributed by atoms with Crippen molar-refractivity contribution in [3.8, 4) is 22.7 Å². The van der Waals surface area contributed by atoms with E-state index >= 15 is 0 Å². The Labute approximate surface area is 177 Å². The zero-order valence-electron chi connectivity index (χ0n) is 17.7. The summed E-state index contributed by atoms with van der Waals surface area (Å²) in [6, 6.07) is 17.7. The molecule has 1 N–H and O–H groups in total. The van der Waals surface area contributed by atoms with Gasteiger partial charge in [0, 0.05) is 29.9 Å². The molecule has 30 heavy (non-hydrogen) atoms. The van der Waals surface area contributed by atoms with E-state index in [-0.39, 0.29) is 5.91 Å². The fourth-order valence-electron chi connectivity index (χ4n) is 3.03. The average molecular weight is 405 g/mol. The minimum Gasteiger partial charge on any atom is -0.497 e. The van der Waals surface area contributed by atoms with Crippen LogP contribution < -0.4 is 10.1 Å². The molecule has 0 saturated heterocycles. The fourth-order valence-corrected chi connectivity index (χ4v) is 3.03. The molecule has 0 aliphatic heterocycles. The Morgan fingerprint density at radius 1 is 1.13 bits per heavy atom. The Balaban J connectivity index is 1.82. The van der Waals surface area contributed by atoms with E-state index in [0.717, 1.165) is 41.2 Å². The van der Waals surface area contributed by atoms with Crippen LogP contribution in [0.3, 0.4) is 0 Å². The van der Waals surface area contributed by atoms with Crippen LogP contribution >= 0.6 is 0 Å². The lowest BCUT2D eigenvalue weighted by atomic mass is 10.1. The summed E-state index contributed by atoms with van der Waals surface area (Å²) in [5.74, 6) is 0.678. The number of methoxy groups -OCH3 is 1. The third kappa shape index (κ3) is 5.81. The van der Waals surface area contributed by atoms with Crippen LogP contribution in [0.4, 0.5) is 0 Å². The summed E-state index contributed by atoms with van der Waals surface area (Å²) in [6.07, 6.45) is 6.22. The highest BCUT2D eigenvalue weighted by Crippen LogP contribution is 2.26. The molecule has 0 aliphatic rings. The van der Waals surface area contributed by atoms with E-state index < -0.39 is 0 Å². The minimum absolute atomic E-state index is 0.109. The Morgan fingerprint density at radius 2 is 1.87 bits per heavy atom. The number of nitrogens with zero attached hydrogens (tertiary/aromatic N) is 3. The molecule has 3 aromatic rings. The van der Waals surface area contributed by atoms with Gasteiger partial charge in [0.05, 0.1) is 18.5 Å². The van der Waals surface area contributed by atoms with Crippen molar-refractivity contribution >= 4 is 12.0 Å². The minimum atomic E-state index is -0.109. The predicted octanol–water partition coefficient (Wildman–Crippen LogP) is 3.63. The van der Waals surface area contributed by atoms with Crippen molar-refractivity contribution in [2.24, 2.45) is 0 Å². The molecule has 2 aromatic carbocycles. The van der Waals surface area contributed by atoms with Gasteiger partial charge in [-0.1, -0.05) is 18.2 Å². The van der Waals surface area contributed by atoms with Gasteiger partial charge < -0.3 is 15.0 Å². The van der Waals surface area contributed by atoms with Crippen molar-refractivity contribution < 1.29 is 9.53 Å². The molecule has 1 heterocycles. The van der Waals surface area contributed by atoms with E-state index in [1.54, 1.807) is 13.2 Å². The number of aromatic nitrogens is 2. The molecule has 0 atom stereocenters. The maximum atomic E-state index is 12.2. The molecule has 0 bridgehead atoms. The van der Waals surface area contributed by atoms with Gasteiger partial charge in [-0.15, -0.1) is 0 Å². The van der Waals surface area contributed by atoms with Gasteiger partial charge in [-0.3, -0.25) is 4.79 Å². The second kappa shape index (κ2) is 10.4. The first-order valence-electron chi connectivity index (χ1n) is 9.97. The third-order valence-corrected chi connectivity index (χ3v) is 4.62. The van der Waals surface area contributed by atoms with Crippen molar-refractivity contribution in [2.75, 3.05) is 34.3 Å². The standard InChI is InChI=1S/C24H28N4O2/c1-27(2)17-7-16-25-23(29)15-12-20-18-28(21-8-5-4-6-9-21)26-24(20)19-10-13-22(30-3)14-11-19/h4-6,8-15,18H,7,16-17H2,1-3H3,(H,25,29)/b15-12-. The van der Waals surface area contributed by atoms with Gasteiger partial charge in [-0.2, -0.15) is 5.10 Å². The molecule has 6 nitrogen and oxygen atoms in total. The number of rotatable bonds is 9. The van der Waals surface area contributed by atoms with Crippen LogP contribution in [0.15, 0.2) is 66.9 Å². The number of hydrogen-bond donors (Lipinski definition) is 1. The molecule has 1 aromatic heterocycles. The van der Waals surface area contributed by atoms with Crippen molar-refractivity contribution in [3.05, 3.63) is 72.4 Å². The fraction of sp³-hybridized carbons (Fsp3) is 0.250. The molecule has 3 rings (SSSR count). The topological polar surface area (TPSA) is 59.4 Å². The maximum absolute atomic E-state index is 12.2. The van der Waals surface area contributed by atoms with Gasteiger partial charge in [0.25, 0.3) is 0 Å². The molecule has 0 spiro atoms. The zero-order chi connectivity index (χ0) is 21.3. The van der Waals surface area contributed by atoms with E-state index in [9.17, 15) is 4.79 Å². The first-order chi connectivity index (χ1) is 14.6. The van der Waals surface area contributed by atoms with E-state index in [1.165, 1.54) is 0 Å². The lowest BCUT2D eigenvalue weighted by molar-refractivity contribution is -0.116. The molecule has 0 radical (unpaired) electrons. The third-order valence-electron chi connectivity index (χ3n) is 4.62. The highest BCUT2D eigenvalue weighted by Gasteiger charge is 2.11. The summed E-state index contributed by atoms with van der Waals surface area (Å²) >= 11 is 0. The smallest absolute Gasteiger partial charge is 0.244 e. The molecule has 0 saturated carbocycles. The largest absolute Gasteiger partial charge is 0.497 e. The number of para-hydroxylation sites is 1. The molecule has 156 valence electrons. The second-order valence-corrected chi connectivity index (χ2v) is 7.22. The van der Waals surface area contributed by atoms with Gasteiger partial charge in [-0.25, -0.2) is 4.68 Å². The quantitative estimate of drug-likeness (QED) is 0.437. The second-order valence-electron chi connectivity index (χ2n) is 7.22. The average Bonchev–Trinajstić information content (AvgIpc) is 3.20. The first-order valence-corrected chi connectivity index (χ1v) is 9.97. The monoisotopic (exact) mass is 404 g/mol. The molecule has 0 fully saturated rings. The molecule has 1 amide bonds. The van der Waals surface area contributed by atoms with Gasteiger partial charge in [0.2, 0.25) is 5.91 Å². The molecule has 0 unspecified atom stereocenters. The van der Waals surface area contributed by atoms with Crippen molar-refractivity contribution in [2.45, 2.75) is 6.42 Å². The Hall–Kier alpha value is -3.38. The normalized spacial score (nSPS) is 11.2. The number of nitrogens with one attached hydrogen (secondary N) is 1. The van der Waals surface area contributed by atoms with Crippen LogP contribution in [0.25, 0.3) is 23.0 Å². The van der Waals surface area contributed by atoms with Gasteiger partial charge >= 0.3 is 0 Å². The van der Waals surface area contributed by atoms with Gasteiger partial charge in [0.1, 0.15) is 5.75 Å². The van der Waals surface area contributed by atoms with E-state index in [2.05, 4.69) is 10.2 Å². The van der Waals surface area contributed by atoms with Crippen molar-refractivity contribution in [3.63, 3.8) is 0 Å². The summed E-state index contributed by atoms with van der Waals surface area (Å²) in [7, 11) is 5.68. The van der Waals surface area contributed by atoms with E-state index in [4.69, 9.17) is 9.84 Å². The summed E-state index contributed by atoms with van der Waals surface area (Å²) in [4.78, 5) is 14.3.